The molecule has 0 aliphatic carbocycles. The summed E-state index contributed by atoms with van der Waals surface area (Å²) in [5.41, 5.74) is 2.79. The number of aromatic nitrogens is 2. The average molecular weight is 286 g/mol. The molecule has 3 aromatic carbocycles. The van der Waals surface area contributed by atoms with E-state index in [0.29, 0.717) is 5.76 Å². The Kier molecular flexibility index (Phi) is 2.79. The van der Waals surface area contributed by atoms with E-state index in [1.165, 1.54) is 0 Å². The van der Waals surface area contributed by atoms with E-state index >= 15 is 0 Å². The van der Waals surface area contributed by atoms with Crippen LogP contribution in [-0.4, -0.2) is 15.1 Å². The summed E-state index contributed by atoms with van der Waals surface area (Å²) in [7, 11) is 0. The lowest BCUT2D eigenvalue weighted by Crippen LogP contribution is -2.07. The van der Waals surface area contributed by atoms with Crippen LogP contribution in [-0.2, 0) is 0 Å². The summed E-state index contributed by atoms with van der Waals surface area (Å²) in [6, 6.07) is 19.8. The summed E-state index contributed by atoms with van der Waals surface area (Å²) in [5.74, 6) is 1.03. The molecule has 0 aliphatic heterocycles. The standard InChI is InChI=1S/C19H14N2O/c1-12(22)14-10-11-17-18-15(14)8-5-9-16(18)20-19(21-17)13-6-3-2-4-7-13/h2-11,22H,1H3/b14-12-. The SMILES string of the molecule is C/C(O)=c1\ccc2nc(-c3ccccc3)nc3cccc1c32. The van der Waals surface area contributed by atoms with Gasteiger partial charge in [-0.2, -0.15) is 0 Å². The number of aliphatic hydroxyl groups excluding tert-OH is 1. The van der Waals surface area contributed by atoms with E-state index in [1.807, 2.05) is 60.7 Å². The van der Waals surface area contributed by atoms with Crippen molar-refractivity contribution in [3.8, 4) is 11.4 Å². The molecule has 106 valence electrons. The lowest BCUT2D eigenvalue weighted by molar-refractivity contribution is 0.499. The molecule has 1 aromatic heterocycles. The van der Waals surface area contributed by atoms with Gasteiger partial charge in [0.2, 0.25) is 0 Å². The predicted molar refractivity (Wildman–Crippen MR) is 89.4 cm³/mol. The number of rotatable bonds is 1. The second-order valence-corrected chi connectivity index (χ2v) is 5.33. The summed E-state index contributed by atoms with van der Waals surface area (Å²) < 4.78 is 0. The summed E-state index contributed by atoms with van der Waals surface area (Å²) in [6.45, 7) is 1.70. The van der Waals surface area contributed by atoms with Crippen molar-refractivity contribution in [3.63, 3.8) is 0 Å². The monoisotopic (exact) mass is 286 g/mol. The van der Waals surface area contributed by atoms with Crippen LogP contribution in [0.1, 0.15) is 6.92 Å². The fraction of sp³-hybridized carbons (Fsp3) is 0.0526. The molecule has 0 bridgehead atoms. The topological polar surface area (TPSA) is 46.0 Å². The average Bonchev–Trinajstić information content (AvgIpc) is 2.56. The van der Waals surface area contributed by atoms with Crippen LogP contribution in [0, 0.1) is 0 Å². The highest BCUT2D eigenvalue weighted by molar-refractivity contribution is 6.07. The number of benzene rings is 3. The smallest absolute Gasteiger partial charge is 0.160 e. The van der Waals surface area contributed by atoms with E-state index < -0.39 is 0 Å². The Bertz CT molecular complexity index is 1020. The van der Waals surface area contributed by atoms with Gasteiger partial charge in [-0.25, -0.2) is 9.97 Å². The van der Waals surface area contributed by atoms with Crippen LogP contribution in [0.2, 0.25) is 0 Å². The number of hydrogen-bond donors (Lipinski definition) is 1. The van der Waals surface area contributed by atoms with Crippen molar-refractivity contribution < 1.29 is 5.11 Å². The van der Waals surface area contributed by atoms with E-state index in [4.69, 9.17) is 9.97 Å². The molecule has 0 aliphatic rings. The maximum atomic E-state index is 9.87. The Morgan fingerprint density at radius 2 is 1.55 bits per heavy atom. The summed E-state index contributed by atoms with van der Waals surface area (Å²) in [6.07, 6.45) is 0. The Labute approximate surface area is 127 Å². The second-order valence-electron chi connectivity index (χ2n) is 5.33. The molecule has 0 fully saturated rings. The molecular weight excluding hydrogens is 272 g/mol. The van der Waals surface area contributed by atoms with Gasteiger partial charge in [-0.1, -0.05) is 42.5 Å². The first-order valence-corrected chi connectivity index (χ1v) is 7.18. The van der Waals surface area contributed by atoms with Crippen molar-refractivity contribution in [1.82, 2.24) is 9.97 Å². The quantitative estimate of drug-likeness (QED) is 0.578. The Morgan fingerprint density at radius 3 is 2.27 bits per heavy atom. The molecule has 0 radical (unpaired) electrons. The molecule has 1 N–H and O–H groups in total. The largest absolute Gasteiger partial charge is 0.512 e. The van der Waals surface area contributed by atoms with Crippen molar-refractivity contribution in [2.24, 2.45) is 0 Å². The first-order chi connectivity index (χ1) is 10.7. The Morgan fingerprint density at radius 1 is 0.818 bits per heavy atom. The van der Waals surface area contributed by atoms with Gasteiger partial charge in [0.25, 0.3) is 0 Å². The molecule has 0 spiro atoms. The van der Waals surface area contributed by atoms with Gasteiger partial charge < -0.3 is 5.11 Å². The normalized spacial score (nSPS) is 12.8. The van der Waals surface area contributed by atoms with Crippen LogP contribution in [0.25, 0.3) is 39.0 Å². The highest BCUT2D eigenvalue weighted by Crippen LogP contribution is 2.25. The molecule has 0 saturated carbocycles. The minimum absolute atomic E-state index is 0.307. The third-order valence-corrected chi connectivity index (χ3v) is 3.87. The third-order valence-electron chi connectivity index (χ3n) is 3.87. The molecule has 3 heteroatoms. The van der Waals surface area contributed by atoms with Crippen molar-refractivity contribution in [3.05, 3.63) is 65.9 Å². The van der Waals surface area contributed by atoms with Crippen LogP contribution >= 0.6 is 0 Å². The highest BCUT2D eigenvalue weighted by Gasteiger charge is 2.10. The van der Waals surface area contributed by atoms with E-state index in [9.17, 15) is 5.11 Å². The molecule has 0 unspecified atom stereocenters. The lowest BCUT2D eigenvalue weighted by Gasteiger charge is -2.08. The molecule has 4 aromatic rings. The van der Waals surface area contributed by atoms with Gasteiger partial charge >= 0.3 is 0 Å². The molecule has 0 amide bonds. The first kappa shape index (κ1) is 12.8. The Balaban J connectivity index is 2.13. The lowest BCUT2D eigenvalue weighted by atomic mass is 10.0. The number of aliphatic hydroxyl groups is 1. The third kappa shape index (κ3) is 1.91. The second kappa shape index (κ2) is 4.81. The van der Waals surface area contributed by atoms with Crippen LogP contribution in [0.15, 0.2) is 60.7 Å². The maximum absolute atomic E-state index is 9.87. The molecular formula is C19H14N2O. The van der Waals surface area contributed by atoms with E-state index in [1.54, 1.807) is 6.92 Å². The number of hydrogen-bond acceptors (Lipinski definition) is 3. The molecule has 4 rings (SSSR count). The molecule has 1 heterocycles. The highest BCUT2D eigenvalue weighted by atomic mass is 16.3. The van der Waals surface area contributed by atoms with Gasteiger partial charge in [0.05, 0.1) is 16.8 Å². The zero-order valence-corrected chi connectivity index (χ0v) is 12.1. The van der Waals surface area contributed by atoms with Gasteiger partial charge in [0.15, 0.2) is 5.82 Å². The first-order valence-electron chi connectivity index (χ1n) is 7.18. The minimum atomic E-state index is 0.307. The van der Waals surface area contributed by atoms with Gasteiger partial charge in [-0.05, 0) is 30.5 Å². The zero-order valence-electron chi connectivity index (χ0n) is 12.1. The fourth-order valence-electron chi connectivity index (χ4n) is 2.84. The van der Waals surface area contributed by atoms with Crippen molar-refractivity contribution in [2.45, 2.75) is 6.92 Å². The zero-order chi connectivity index (χ0) is 15.1. The van der Waals surface area contributed by atoms with Gasteiger partial charge in [0, 0.05) is 16.2 Å². The van der Waals surface area contributed by atoms with E-state index in [0.717, 1.165) is 38.4 Å². The molecule has 0 atom stereocenters. The van der Waals surface area contributed by atoms with Crippen molar-refractivity contribution >= 4 is 27.6 Å². The predicted octanol–water partition coefficient (Wildman–Crippen LogP) is 3.86. The van der Waals surface area contributed by atoms with Gasteiger partial charge in [0.1, 0.15) is 0 Å². The molecule has 3 nitrogen and oxygen atoms in total. The molecule has 0 saturated heterocycles. The summed E-state index contributed by atoms with van der Waals surface area (Å²) in [4.78, 5) is 9.39. The number of nitrogens with zero attached hydrogens (tertiary/aromatic N) is 2. The summed E-state index contributed by atoms with van der Waals surface area (Å²) >= 11 is 0. The Hall–Kier alpha value is -2.94. The van der Waals surface area contributed by atoms with Crippen molar-refractivity contribution in [2.75, 3.05) is 0 Å². The van der Waals surface area contributed by atoms with Crippen LogP contribution < -0.4 is 5.22 Å². The fourth-order valence-corrected chi connectivity index (χ4v) is 2.84. The maximum Gasteiger partial charge on any atom is 0.160 e. The van der Waals surface area contributed by atoms with E-state index in [-0.39, 0.29) is 0 Å². The van der Waals surface area contributed by atoms with Crippen LogP contribution in [0.4, 0.5) is 0 Å². The summed E-state index contributed by atoms with van der Waals surface area (Å²) in [5, 5.41) is 12.7. The van der Waals surface area contributed by atoms with Crippen LogP contribution in [0.5, 0.6) is 0 Å². The van der Waals surface area contributed by atoms with Gasteiger partial charge in [-0.3, -0.25) is 0 Å². The van der Waals surface area contributed by atoms with Gasteiger partial charge in [-0.15, -0.1) is 0 Å². The van der Waals surface area contributed by atoms with Crippen molar-refractivity contribution in [1.29, 1.82) is 0 Å². The van der Waals surface area contributed by atoms with Crippen LogP contribution in [0.3, 0.4) is 0 Å². The molecule has 22 heavy (non-hydrogen) atoms. The minimum Gasteiger partial charge on any atom is -0.512 e. The van der Waals surface area contributed by atoms with E-state index in [2.05, 4.69) is 0 Å².